The number of amides is 1. The van der Waals surface area contributed by atoms with Crippen molar-refractivity contribution in [1.82, 2.24) is 9.80 Å². The third-order valence-electron chi connectivity index (χ3n) is 3.09. The van der Waals surface area contributed by atoms with E-state index in [1.165, 1.54) is 0 Å². The highest BCUT2D eigenvalue weighted by Gasteiger charge is 2.18. The maximum Gasteiger partial charge on any atom is 0.246 e. The van der Waals surface area contributed by atoms with Gasteiger partial charge < -0.3 is 10.6 Å². The van der Waals surface area contributed by atoms with E-state index < -0.39 is 0 Å². The summed E-state index contributed by atoms with van der Waals surface area (Å²) in [6.07, 6.45) is 3.55. The van der Waals surface area contributed by atoms with Crippen LogP contribution in [0.3, 0.4) is 0 Å². The van der Waals surface area contributed by atoms with Crippen molar-refractivity contribution in [1.29, 1.82) is 0 Å². The van der Waals surface area contributed by atoms with E-state index in [0.717, 1.165) is 38.3 Å². The Hall–Kier alpha value is -1.17. The summed E-state index contributed by atoms with van der Waals surface area (Å²) < 4.78 is 0. The van der Waals surface area contributed by atoms with E-state index in [0.29, 0.717) is 6.54 Å². The number of rotatable bonds is 4. The first-order valence-corrected chi connectivity index (χ1v) is 7.15. The molecule has 18 heavy (non-hydrogen) atoms. The van der Waals surface area contributed by atoms with Crippen molar-refractivity contribution in [3.8, 4) is 0 Å². The highest BCUT2D eigenvalue weighted by molar-refractivity contribution is 7.08. The molecule has 1 fully saturated rings. The predicted molar refractivity (Wildman–Crippen MR) is 75.4 cm³/mol. The molecule has 1 saturated heterocycles. The van der Waals surface area contributed by atoms with Gasteiger partial charge in [-0.3, -0.25) is 9.69 Å². The van der Waals surface area contributed by atoms with E-state index in [1.54, 1.807) is 17.4 Å². The Morgan fingerprint density at radius 3 is 2.78 bits per heavy atom. The Balaban J connectivity index is 1.80. The summed E-state index contributed by atoms with van der Waals surface area (Å²) >= 11 is 1.64. The highest BCUT2D eigenvalue weighted by Crippen LogP contribution is 2.09. The lowest BCUT2D eigenvalue weighted by Crippen LogP contribution is -2.49. The van der Waals surface area contributed by atoms with Crippen molar-refractivity contribution in [3.05, 3.63) is 28.5 Å². The fourth-order valence-electron chi connectivity index (χ4n) is 2.02. The molecule has 0 spiro atoms. The number of hydrogen-bond acceptors (Lipinski definition) is 4. The average Bonchev–Trinajstić information content (AvgIpc) is 2.90. The SMILES string of the molecule is NCCN1CCN(C(=O)/C=C/c2ccsc2)CC1. The van der Waals surface area contributed by atoms with E-state index in [2.05, 4.69) is 4.90 Å². The second-order valence-corrected chi connectivity index (χ2v) is 5.13. The normalized spacial score (nSPS) is 17.5. The molecule has 1 aliphatic heterocycles. The summed E-state index contributed by atoms with van der Waals surface area (Å²) in [6.45, 7) is 5.06. The molecular weight excluding hydrogens is 246 g/mol. The van der Waals surface area contributed by atoms with Crippen LogP contribution in [-0.4, -0.2) is 55.0 Å². The monoisotopic (exact) mass is 265 g/mol. The van der Waals surface area contributed by atoms with Gasteiger partial charge in [-0.15, -0.1) is 0 Å². The van der Waals surface area contributed by atoms with Crippen LogP contribution in [0.5, 0.6) is 0 Å². The Bertz CT molecular complexity index is 394. The summed E-state index contributed by atoms with van der Waals surface area (Å²) in [6, 6.07) is 2.01. The molecule has 1 aromatic heterocycles. The maximum absolute atomic E-state index is 12.0. The van der Waals surface area contributed by atoms with Gasteiger partial charge in [-0.05, 0) is 28.5 Å². The number of nitrogens with zero attached hydrogens (tertiary/aromatic N) is 2. The summed E-state index contributed by atoms with van der Waals surface area (Å²) in [5.41, 5.74) is 6.62. The van der Waals surface area contributed by atoms with Crippen LogP contribution >= 0.6 is 11.3 Å². The van der Waals surface area contributed by atoms with E-state index in [1.807, 2.05) is 27.8 Å². The number of nitrogens with two attached hydrogens (primary N) is 1. The molecule has 0 atom stereocenters. The minimum atomic E-state index is 0.105. The van der Waals surface area contributed by atoms with Crippen LogP contribution in [0.2, 0.25) is 0 Å². The smallest absolute Gasteiger partial charge is 0.246 e. The average molecular weight is 265 g/mol. The molecule has 1 aromatic rings. The van der Waals surface area contributed by atoms with Crippen LogP contribution in [-0.2, 0) is 4.79 Å². The van der Waals surface area contributed by atoms with Gasteiger partial charge in [-0.25, -0.2) is 0 Å². The van der Waals surface area contributed by atoms with Crippen molar-refractivity contribution < 1.29 is 4.79 Å². The van der Waals surface area contributed by atoms with E-state index in [9.17, 15) is 4.79 Å². The van der Waals surface area contributed by atoms with Gasteiger partial charge in [0.15, 0.2) is 0 Å². The van der Waals surface area contributed by atoms with Crippen molar-refractivity contribution in [2.24, 2.45) is 5.73 Å². The summed E-state index contributed by atoms with van der Waals surface area (Å²) in [5, 5.41) is 4.04. The first-order valence-electron chi connectivity index (χ1n) is 6.21. The highest BCUT2D eigenvalue weighted by atomic mass is 32.1. The van der Waals surface area contributed by atoms with Gasteiger partial charge in [0.25, 0.3) is 0 Å². The van der Waals surface area contributed by atoms with E-state index in [-0.39, 0.29) is 5.91 Å². The van der Waals surface area contributed by atoms with Crippen LogP contribution in [0, 0.1) is 0 Å². The van der Waals surface area contributed by atoms with Crippen molar-refractivity contribution >= 4 is 23.3 Å². The predicted octanol–water partition coefficient (Wildman–Crippen LogP) is 0.864. The first-order chi connectivity index (χ1) is 8.79. The largest absolute Gasteiger partial charge is 0.337 e. The van der Waals surface area contributed by atoms with Crippen LogP contribution in [0.4, 0.5) is 0 Å². The molecular formula is C13H19N3OS. The topological polar surface area (TPSA) is 49.6 Å². The first kappa shape index (κ1) is 13.3. The molecule has 1 amide bonds. The summed E-state index contributed by atoms with van der Waals surface area (Å²) in [7, 11) is 0. The fraction of sp³-hybridized carbons (Fsp3) is 0.462. The molecule has 2 rings (SSSR count). The van der Waals surface area contributed by atoms with Crippen molar-refractivity contribution in [2.75, 3.05) is 39.3 Å². The molecule has 0 unspecified atom stereocenters. The molecule has 0 radical (unpaired) electrons. The zero-order valence-corrected chi connectivity index (χ0v) is 11.2. The Labute approximate surface area is 112 Å². The van der Waals surface area contributed by atoms with Gasteiger partial charge in [0.05, 0.1) is 0 Å². The molecule has 2 N–H and O–H groups in total. The number of thiophene rings is 1. The minimum Gasteiger partial charge on any atom is -0.337 e. The number of piperazine rings is 1. The Kier molecular flexibility index (Phi) is 4.92. The van der Waals surface area contributed by atoms with Crippen LogP contribution in [0.25, 0.3) is 6.08 Å². The molecule has 4 nitrogen and oxygen atoms in total. The van der Waals surface area contributed by atoms with Gasteiger partial charge in [0.1, 0.15) is 0 Å². The Morgan fingerprint density at radius 1 is 1.39 bits per heavy atom. The van der Waals surface area contributed by atoms with Crippen molar-refractivity contribution in [3.63, 3.8) is 0 Å². The zero-order valence-electron chi connectivity index (χ0n) is 10.4. The molecule has 0 saturated carbocycles. The molecule has 98 valence electrons. The van der Waals surface area contributed by atoms with Gasteiger partial charge in [-0.1, -0.05) is 0 Å². The fourth-order valence-corrected chi connectivity index (χ4v) is 2.65. The molecule has 0 bridgehead atoms. The lowest BCUT2D eigenvalue weighted by molar-refractivity contribution is -0.127. The molecule has 0 aliphatic carbocycles. The quantitative estimate of drug-likeness (QED) is 0.822. The van der Waals surface area contributed by atoms with Crippen molar-refractivity contribution in [2.45, 2.75) is 0 Å². The van der Waals surface area contributed by atoms with Crippen LogP contribution in [0.1, 0.15) is 5.56 Å². The lowest BCUT2D eigenvalue weighted by Gasteiger charge is -2.33. The lowest BCUT2D eigenvalue weighted by atomic mass is 10.2. The summed E-state index contributed by atoms with van der Waals surface area (Å²) in [4.78, 5) is 16.2. The van der Waals surface area contributed by atoms with Gasteiger partial charge in [-0.2, -0.15) is 11.3 Å². The zero-order chi connectivity index (χ0) is 12.8. The molecule has 5 heteroatoms. The third kappa shape index (κ3) is 3.66. The molecule has 0 aromatic carbocycles. The minimum absolute atomic E-state index is 0.105. The number of hydrogen-bond donors (Lipinski definition) is 1. The summed E-state index contributed by atoms with van der Waals surface area (Å²) in [5.74, 6) is 0.105. The van der Waals surface area contributed by atoms with Gasteiger partial charge in [0, 0.05) is 45.3 Å². The second-order valence-electron chi connectivity index (χ2n) is 4.35. The molecule has 1 aliphatic rings. The number of carbonyl (C=O) groups is 1. The maximum atomic E-state index is 12.0. The standard InChI is InChI=1S/C13H19N3OS/c14-4-5-15-6-8-16(9-7-15)13(17)2-1-12-3-10-18-11-12/h1-3,10-11H,4-9,14H2/b2-1+. The van der Waals surface area contributed by atoms with E-state index >= 15 is 0 Å². The number of carbonyl (C=O) groups excluding carboxylic acids is 1. The van der Waals surface area contributed by atoms with Gasteiger partial charge >= 0.3 is 0 Å². The van der Waals surface area contributed by atoms with Crippen LogP contribution in [0.15, 0.2) is 22.9 Å². The second kappa shape index (κ2) is 6.68. The Morgan fingerprint density at radius 2 is 2.17 bits per heavy atom. The molecule has 2 heterocycles. The van der Waals surface area contributed by atoms with E-state index in [4.69, 9.17) is 5.73 Å². The van der Waals surface area contributed by atoms with Crippen LogP contribution < -0.4 is 5.73 Å². The van der Waals surface area contributed by atoms with Gasteiger partial charge in [0.2, 0.25) is 5.91 Å². The third-order valence-corrected chi connectivity index (χ3v) is 3.79.